The van der Waals surface area contributed by atoms with Crippen LogP contribution in [0.2, 0.25) is 15.1 Å². The minimum Gasteiger partial charge on any atom is -0.307 e. The van der Waals surface area contributed by atoms with Crippen molar-refractivity contribution in [1.82, 2.24) is 5.32 Å². The molecule has 0 amide bonds. The molecule has 20 heavy (non-hydrogen) atoms. The van der Waals surface area contributed by atoms with Gasteiger partial charge in [-0.1, -0.05) is 74.0 Å². The summed E-state index contributed by atoms with van der Waals surface area (Å²) in [5.41, 5.74) is 1.01. The van der Waals surface area contributed by atoms with Crippen molar-refractivity contribution in [3.63, 3.8) is 0 Å². The number of benzene rings is 1. The first-order chi connectivity index (χ1) is 9.51. The molecule has 0 spiro atoms. The molecule has 0 radical (unpaired) electrons. The first-order valence-corrected chi connectivity index (χ1v) is 8.54. The largest absolute Gasteiger partial charge is 0.307 e. The zero-order valence-corrected chi connectivity index (χ0v) is 14.7. The molecule has 0 bridgehead atoms. The van der Waals surface area contributed by atoms with Crippen LogP contribution in [-0.2, 0) is 0 Å². The lowest BCUT2D eigenvalue weighted by molar-refractivity contribution is 0.396. The molecular formula is C16H24Cl3N. The molecule has 0 aliphatic heterocycles. The number of nitrogens with one attached hydrogen (secondary N) is 1. The van der Waals surface area contributed by atoms with Gasteiger partial charge in [-0.15, -0.1) is 0 Å². The molecule has 4 heteroatoms. The Bertz CT molecular complexity index is 420. The predicted molar refractivity (Wildman–Crippen MR) is 91.2 cm³/mol. The minimum absolute atomic E-state index is 0.172. The first kappa shape index (κ1) is 18.1. The van der Waals surface area contributed by atoms with E-state index < -0.39 is 0 Å². The van der Waals surface area contributed by atoms with E-state index in [0.29, 0.717) is 21.1 Å². The molecular weight excluding hydrogens is 313 g/mol. The van der Waals surface area contributed by atoms with E-state index in [9.17, 15) is 0 Å². The van der Waals surface area contributed by atoms with Crippen LogP contribution in [-0.4, -0.2) is 6.04 Å². The third kappa shape index (κ3) is 5.11. The van der Waals surface area contributed by atoms with Gasteiger partial charge in [0.1, 0.15) is 0 Å². The van der Waals surface area contributed by atoms with E-state index >= 15 is 0 Å². The Hall–Kier alpha value is 0.0500. The second-order valence-electron chi connectivity index (χ2n) is 5.28. The minimum atomic E-state index is 0.172. The second-order valence-corrected chi connectivity index (χ2v) is 6.44. The van der Waals surface area contributed by atoms with Gasteiger partial charge in [0.25, 0.3) is 0 Å². The number of hydrogen-bond donors (Lipinski definition) is 1. The summed E-state index contributed by atoms with van der Waals surface area (Å²) in [4.78, 5) is 0. The summed E-state index contributed by atoms with van der Waals surface area (Å²) in [7, 11) is 0. The number of rotatable bonds is 8. The third-order valence-electron chi connectivity index (χ3n) is 3.56. The molecule has 2 atom stereocenters. The van der Waals surface area contributed by atoms with Gasteiger partial charge in [-0.3, -0.25) is 0 Å². The van der Waals surface area contributed by atoms with E-state index in [4.69, 9.17) is 34.8 Å². The Morgan fingerprint density at radius 2 is 1.70 bits per heavy atom. The van der Waals surface area contributed by atoms with Crippen molar-refractivity contribution in [2.75, 3.05) is 0 Å². The summed E-state index contributed by atoms with van der Waals surface area (Å²) < 4.78 is 0. The Morgan fingerprint density at radius 1 is 1.00 bits per heavy atom. The zero-order chi connectivity index (χ0) is 15.1. The molecule has 0 aromatic heterocycles. The maximum Gasteiger partial charge on any atom is 0.0781 e. The summed E-state index contributed by atoms with van der Waals surface area (Å²) in [5, 5.41) is 5.18. The molecule has 0 saturated carbocycles. The average molecular weight is 337 g/mol. The summed E-state index contributed by atoms with van der Waals surface area (Å²) in [6.07, 6.45) is 6.05. The van der Waals surface area contributed by atoms with Crippen LogP contribution in [0.3, 0.4) is 0 Å². The highest BCUT2D eigenvalue weighted by molar-refractivity contribution is 6.48. The Morgan fingerprint density at radius 3 is 2.30 bits per heavy atom. The smallest absolute Gasteiger partial charge is 0.0781 e. The fourth-order valence-electron chi connectivity index (χ4n) is 2.43. The summed E-state index contributed by atoms with van der Waals surface area (Å²) in [6.45, 7) is 6.57. The molecule has 0 fully saturated rings. The van der Waals surface area contributed by atoms with Gasteiger partial charge >= 0.3 is 0 Å². The van der Waals surface area contributed by atoms with Gasteiger partial charge in [0.2, 0.25) is 0 Å². The molecule has 0 saturated heterocycles. The van der Waals surface area contributed by atoms with Crippen molar-refractivity contribution in [3.8, 4) is 0 Å². The van der Waals surface area contributed by atoms with E-state index in [-0.39, 0.29) is 6.04 Å². The van der Waals surface area contributed by atoms with Crippen LogP contribution < -0.4 is 5.32 Å². The molecule has 2 unspecified atom stereocenters. The molecule has 1 rings (SSSR count). The van der Waals surface area contributed by atoms with Gasteiger partial charge < -0.3 is 5.32 Å². The second kappa shape index (κ2) is 9.15. The molecule has 1 nitrogen and oxygen atoms in total. The van der Waals surface area contributed by atoms with Gasteiger partial charge in [0, 0.05) is 12.1 Å². The molecule has 1 N–H and O–H groups in total. The number of unbranched alkanes of at least 4 members (excludes halogenated alkanes) is 1. The highest BCUT2D eigenvalue weighted by Crippen LogP contribution is 2.35. The van der Waals surface area contributed by atoms with Crippen LogP contribution in [0.25, 0.3) is 0 Å². The molecule has 1 aromatic rings. The van der Waals surface area contributed by atoms with Gasteiger partial charge in [0.15, 0.2) is 0 Å². The quantitative estimate of drug-likeness (QED) is 0.523. The summed E-state index contributed by atoms with van der Waals surface area (Å²) in [6, 6.07) is 4.47. The first-order valence-electron chi connectivity index (χ1n) is 7.40. The monoisotopic (exact) mass is 335 g/mol. The normalized spacial score (nSPS) is 14.3. The van der Waals surface area contributed by atoms with Crippen molar-refractivity contribution in [2.24, 2.45) is 0 Å². The fraction of sp³-hybridized carbons (Fsp3) is 0.625. The van der Waals surface area contributed by atoms with E-state index in [1.807, 2.05) is 12.1 Å². The maximum atomic E-state index is 6.30. The van der Waals surface area contributed by atoms with E-state index in [1.165, 1.54) is 32.1 Å². The Kier molecular flexibility index (Phi) is 8.28. The van der Waals surface area contributed by atoms with Crippen LogP contribution in [0.1, 0.15) is 64.5 Å². The maximum absolute atomic E-state index is 6.30. The highest BCUT2D eigenvalue weighted by atomic mass is 35.5. The van der Waals surface area contributed by atoms with Crippen LogP contribution in [0.15, 0.2) is 12.1 Å². The van der Waals surface area contributed by atoms with Crippen molar-refractivity contribution >= 4 is 34.8 Å². The zero-order valence-electron chi connectivity index (χ0n) is 12.5. The predicted octanol–water partition coefficient (Wildman–Crippen LogP) is 6.66. The lowest BCUT2D eigenvalue weighted by Crippen LogP contribution is -2.31. The van der Waals surface area contributed by atoms with Crippen molar-refractivity contribution in [1.29, 1.82) is 0 Å². The average Bonchev–Trinajstić information content (AvgIpc) is 2.42. The van der Waals surface area contributed by atoms with Gasteiger partial charge in [-0.05, 0) is 31.4 Å². The van der Waals surface area contributed by atoms with E-state index in [1.54, 1.807) is 0 Å². The van der Waals surface area contributed by atoms with E-state index in [0.717, 1.165) is 5.56 Å². The fourth-order valence-corrected chi connectivity index (χ4v) is 3.13. The van der Waals surface area contributed by atoms with Crippen LogP contribution >= 0.6 is 34.8 Å². The molecule has 1 aromatic carbocycles. The number of hydrogen-bond acceptors (Lipinski definition) is 1. The van der Waals surface area contributed by atoms with E-state index in [2.05, 4.69) is 26.1 Å². The topological polar surface area (TPSA) is 12.0 Å². The number of halogens is 3. The van der Waals surface area contributed by atoms with Crippen LogP contribution in [0.5, 0.6) is 0 Å². The molecule has 114 valence electrons. The third-order valence-corrected chi connectivity index (χ3v) is 4.87. The van der Waals surface area contributed by atoms with Crippen molar-refractivity contribution < 1.29 is 0 Å². The van der Waals surface area contributed by atoms with Crippen LogP contribution in [0, 0.1) is 0 Å². The Balaban J connectivity index is 2.77. The molecule has 0 aliphatic carbocycles. The van der Waals surface area contributed by atoms with Crippen molar-refractivity contribution in [3.05, 3.63) is 32.8 Å². The summed E-state index contributed by atoms with van der Waals surface area (Å²) >= 11 is 18.4. The van der Waals surface area contributed by atoms with Crippen LogP contribution in [0.4, 0.5) is 0 Å². The summed E-state index contributed by atoms with van der Waals surface area (Å²) in [5.74, 6) is 0. The van der Waals surface area contributed by atoms with Gasteiger partial charge in [-0.2, -0.15) is 0 Å². The van der Waals surface area contributed by atoms with Crippen molar-refractivity contribution in [2.45, 2.75) is 65.0 Å². The SMILES string of the molecule is CCCCC(CCC)NC(C)c1ccc(Cl)c(Cl)c1Cl. The standard InChI is InChI=1S/C16H24Cl3N/c1-4-6-8-12(7-5-2)20-11(3)13-9-10-14(17)16(19)15(13)18/h9-12,20H,4-8H2,1-3H3. The van der Waals surface area contributed by atoms with Gasteiger partial charge in [-0.25, -0.2) is 0 Å². The van der Waals surface area contributed by atoms with Gasteiger partial charge in [0.05, 0.1) is 15.1 Å². The molecule has 0 heterocycles. The highest BCUT2D eigenvalue weighted by Gasteiger charge is 2.17. The Labute approximate surface area is 138 Å². The molecule has 0 aliphatic rings. The lowest BCUT2D eigenvalue weighted by atomic mass is 10.0. The lowest BCUT2D eigenvalue weighted by Gasteiger charge is -2.24.